The molecular formula is C22H18ClFN4S. The van der Waals surface area contributed by atoms with Crippen molar-refractivity contribution in [3.05, 3.63) is 71.1 Å². The van der Waals surface area contributed by atoms with E-state index in [0.717, 1.165) is 53.3 Å². The summed E-state index contributed by atoms with van der Waals surface area (Å²) < 4.78 is 14.1. The molecule has 0 spiro atoms. The normalized spacial score (nSPS) is 14.6. The predicted molar refractivity (Wildman–Crippen MR) is 119 cm³/mol. The summed E-state index contributed by atoms with van der Waals surface area (Å²) in [6, 6.07) is 14.8. The number of piperazine rings is 1. The number of rotatable bonds is 3. The van der Waals surface area contributed by atoms with Gasteiger partial charge in [-0.2, -0.15) is 0 Å². The summed E-state index contributed by atoms with van der Waals surface area (Å²) >= 11 is 7.68. The molecule has 0 N–H and O–H groups in total. The number of nitrogens with zero attached hydrogens (tertiary/aromatic N) is 4. The molecule has 146 valence electrons. The zero-order valence-corrected chi connectivity index (χ0v) is 17.1. The maximum atomic E-state index is 14.1. The first kappa shape index (κ1) is 18.3. The first-order chi connectivity index (χ1) is 14.2. The molecule has 5 rings (SSSR count). The number of hydrogen-bond donors (Lipinski definition) is 0. The highest BCUT2D eigenvalue weighted by Crippen LogP contribution is 2.38. The molecule has 1 aliphatic rings. The Bertz CT molecular complexity index is 1150. The maximum absolute atomic E-state index is 14.1. The van der Waals surface area contributed by atoms with Gasteiger partial charge in [0.1, 0.15) is 22.8 Å². The minimum Gasteiger partial charge on any atom is -0.366 e. The molecule has 1 fully saturated rings. The molecule has 2 aromatic heterocycles. The minimum atomic E-state index is -0.173. The average molecular weight is 425 g/mol. The van der Waals surface area contributed by atoms with Crippen LogP contribution in [0.1, 0.15) is 0 Å². The Balaban J connectivity index is 1.46. The van der Waals surface area contributed by atoms with Gasteiger partial charge in [-0.15, -0.1) is 11.3 Å². The molecule has 0 amide bonds. The van der Waals surface area contributed by atoms with Crippen molar-refractivity contribution in [2.45, 2.75) is 0 Å². The van der Waals surface area contributed by atoms with Gasteiger partial charge in [-0.3, -0.25) is 0 Å². The number of para-hydroxylation sites is 1. The monoisotopic (exact) mass is 424 g/mol. The summed E-state index contributed by atoms with van der Waals surface area (Å²) in [7, 11) is 0. The zero-order chi connectivity index (χ0) is 19.8. The lowest BCUT2D eigenvalue weighted by molar-refractivity contribution is 0.596. The number of aromatic nitrogens is 2. The van der Waals surface area contributed by atoms with Gasteiger partial charge >= 0.3 is 0 Å². The average Bonchev–Trinajstić information content (AvgIpc) is 3.19. The van der Waals surface area contributed by atoms with Gasteiger partial charge < -0.3 is 9.80 Å². The van der Waals surface area contributed by atoms with Gasteiger partial charge in [0, 0.05) is 42.1 Å². The Morgan fingerprint density at radius 3 is 2.38 bits per heavy atom. The van der Waals surface area contributed by atoms with Gasteiger partial charge in [0.15, 0.2) is 0 Å². The van der Waals surface area contributed by atoms with Gasteiger partial charge in [0.05, 0.1) is 11.1 Å². The summed E-state index contributed by atoms with van der Waals surface area (Å²) in [5.74, 6) is 0.766. The van der Waals surface area contributed by atoms with E-state index < -0.39 is 0 Å². The van der Waals surface area contributed by atoms with E-state index in [2.05, 4.69) is 25.1 Å². The van der Waals surface area contributed by atoms with Crippen LogP contribution >= 0.6 is 22.9 Å². The molecule has 1 saturated heterocycles. The Morgan fingerprint density at radius 2 is 1.62 bits per heavy atom. The van der Waals surface area contributed by atoms with E-state index in [9.17, 15) is 4.39 Å². The highest BCUT2D eigenvalue weighted by atomic mass is 35.5. The van der Waals surface area contributed by atoms with E-state index in [1.807, 2.05) is 36.4 Å². The second-order valence-electron chi connectivity index (χ2n) is 6.96. The number of halogens is 2. The molecule has 4 aromatic rings. The van der Waals surface area contributed by atoms with Crippen LogP contribution in [0.25, 0.3) is 21.3 Å². The van der Waals surface area contributed by atoms with Crippen molar-refractivity contribution in [1.82, 2.24) is 9.97 Å². The smallest absolute Gasteiger partial charge is 0.146 e. The third-order valence-corrected chi connectivity index (χ3v) is 6.42. The fourth-order valence-electron chi connectivity index (χ4n) is 3.81. The summed E-state index contributed by atoms with van der Waals surface area (Å²) in [4.78, 5) is 14.4. The SMILES string of the molecule is Fc1ccccc1N1CCN(c2ncnc3scc(-c4ccc(Cl)cc4)c23)CC1. The molecular weight excluding hydrogens is 407 g/mol. The van der Waals surface area contributed by atoms with Crippen molar-refractivity contribution in [3.63, 3.8) is 0 Å². The molecule has 29 heavy (non-hydrogen) atoms. The Hall–Kier alpha value is -2.70. The minimum absolute atomic E-state index is 0.173. The third-order valence-electron chi connectivity index (χ3n) is 5.28. The van der Waals surface area contributed by atoms with Gasteiger partial charge in [-0.05, 0) is 29.8 Å². The Morgan fingerprint density at radius 1 is 0.897 bits per heavy atom. The Kier molecular flexibility index (Phi) is 4.81. The van der Waals surface area contributed by atoms with E-state index >= 15 is 0 Å². The molecule has 0 bridgehead atoms. The second-order valence-corrected chi connectivity index (χ2v) is 8.25. The maximum Gasteiger partial charge on any atom is 0.146 e. The number of anilines is 2. The molecule has 2 aromatic carbocycles. The fraction of sp³-hybridized carbons (Fsp3) is 0.182. The highest BCUT2D eigenvalue weighted by molar-refractivity contribution is 7.17. The van der Waals surface area contributed by atoms with E-state index in [4.69, 9.17) is 11.6 Å². The first-order valence-corrected chi connectivity index (χ1v) is 10.7. The summed E-state index contributed by atoms with van der Waals surface area (Å²) in [5, 5.41) is 3.91. The topological polar surface area (TPSA) is 32.3 Å². The molecule has 0 unspecified atom stereocenters. The number of fused-ring (bicyclic) bond motifs is 1. The quantitative estimate of drug-likeness (QED) is 0.436. The zero-order valence-electron chi connectivity index (χ0n) is 15.6. The van der Waals surface area contributed by atoms with Gasteiger partial charge in [0.25, 0.3) is 0 Å². The van der Waals surface area contributed by atoms with E-state index in [1.165, 1.54) is 6.07 Å². The molecule has 1 aliphatic heterocycles. The Labute approximate surface area is 177 Å². The van der Waals surface area contributed by atoms with Crippen molar-refractivity contribution in [3.8, 4) is 11.1 Å². The molecule has 7 heteroatoms. The van der Waals surface area contributed by atoms with Crippen molar-refractivity contribution in [1.29, 1.82) is 0 Å². The predicted octanol–water partition coefficient (Wildman–Crippen LogP) is 5.48. The highest BCUT2D eigenvalue weighted by Gasteiger charge is 2.23. The lowest BCUT2D eigenvalue weighted by Crippen LogP contribution is -2.47. The molecule has 0 radical (unpaired) electrons. The van der Waals surface area contributed by atoms with Crippen LogP contribution in [0.5, 0.6) is 0 Å². The van der Waals surface area contributed by atoms with Crippen molar-refractivity contribution in [2.24, 2.45) is 0 Å². The van der Waals surface area contributed by atoms with Gasteiger partial charge in [0.2, 0.25) is 0 Å². The standard InChI is InChI=1S/C22H18ClFN4S/c23-16-7-5-15(6-8-16)17-13-29-22-20(17)21(25-14-26-22)28-11-9-27(10-12-28)19-4-2-1-3-18(19)24/h1-8,13-14H,9-12H2. The van der Waals surface area contributed by atoms with Crippen molar-refractivity contribution < 1.29 is 4.39 Å². The van der Waals surface area contributed by atoms with Gasteiger partial charge in [-0.25, -0.2) is 14.4 Å². The van der Waals surface area contributed by atoms with Crippen molar-refractivity contribution >= 4 is 44.7 Å². The largest absolute Gasteiger partial charge is 0.366 e. The lowest BCUT2D eigenvalue weighted by atomic mass is 10.1. The first-order valence-electron chi connectivity index (χ1n) is 9.43. The van der Waals surface area contributed by atoms with Crippen molar-refractivity contribution in [2.75, 3.05) is 36.0 Å². The van der Waals surface area contributed by atoms with Gasteiger partial charge in [-0.1, -0.05) is 35.9 Å². The second kappa shape index (κ2) is 7.61. The van der Waals surface area contributed by atoms with Crippen LogP contribution in [0.3, 0.4) is 0 Å². The molecule has 0 aliphatic carbocycles. The van der Waals surface area contributed by atoms with Crippen LogP contribution in [-0.2, 0) is 0 Å². The number of benzene rings is 2. The lowest BCUT2D eigenvalue weighted by Gasteiger charge is -2.37. The number of hydrogen-bond acceptors (Lipinski definition) is 5. The van der Waals surface area contributed by atoms with E-state index in [1.54, 1.807) is 23.7 Å². The van der Waals surface area contributed by atoms with E-state index in [-0.39, 0.29) is 5.82 Å². The van der Waals surface area contributed by atoms with Crippen LogP contribution in [0.2, 0.25) is 5.02 Å². The van der Waals surface area contributed by atoms with Crippen LogP contribution in [-0.4, -0.2) is 36.1 Å². The molecule has 4 nitrogen and oxygen atoms in total. The van der Waals surface area contributed by atoms with Crippen LogP contribution in [0.15, 0.2) is 60.2 Å². The summed E-state index contributed by atoms with van der Waals surface area (Å²) in [6.45, 7) is 3.03. The van der Waals surface area contributed by atoms with Crippen LogP contribution < -0.4 is 9.80 Å². The summed E-state index contributed by atoms with van der Waals surface area (Å²) in [5.41, 5.74) is 2.88. The third kappa shape index (κ3) is 3.43. The van der Waals surface area contributed by atoms with E-state index in [0.29, 0.717) is 10.7 Å². The molecule has 3 heterocycles. The number of thiophene rings is 1. The molecule has 0 atom stereocenters. The molecule has 0 saturated carbocycles. The fourth-order valence-corrected chi connectivity index (χ4v) is 4.84. The summed E-state index contributed by atoms with van der Waals surface area (Å²) in [6.07, 6.45) is 1.63. The van der Waals surface area contributed by atoms with Crippen LogP contribution in [0, 0.1) is 5.82 Å². The van der Waals surface area contributed by atoms with Crippen LogP contribution in [0.4, 0.5) is 15.9 Å².